The minimum atomic E-state index is -4.49. The smallest absolute Gasteiger partial charge is 0.388 e. The molecule has 0 radical (unpaired) electrons. The highest BCUT2D eigenvalue weighted by Crippen LogP contribution is 2.36. The normalized spacial score (nSPS) is 21.7. The molecule has 0 spiro atoms. The zero-order valence-electron chi connectivity index (χ0n) is 17.2. The van der Waals surface area contributed by atoms with Crippen molar-refractivity contribution in [3.8, 4) is 0 Å². The van der Waals surface area contributed by atoms with Gasteiger partial charge in [0, 0.05) is 11.8 Å². The van der Waals surface area contributed by atoms with Crippen molar-refractivity contribution < 1.29 is 36.2 Å². The van der Waals surface area contributed by atoms with Gasteiger partial charge in [0.15, 0.2) is 0 Å². The van der Waals surface area contributed by atoms with Gasteiger partial charge in [-0.25, -0.2) is 0 Å². The second-order valence-corrected chi connectivity index (χ2v) is 8.31. The first kappa shape index (κ1) is 24.3. The predicted octanol–water partition coefficient (Wildman–Crippen LogP) is 6.77. The summed E-state index contributed by atoms with van der Waals surface area (Å²) in [6, 6.07) is 8.81. The Hall–Kier alpha value is -2.35. The minimum absolute atomic E-state index is 0.197. The number of aliphatic hydroxyl groups excluding tert-OH is 1. The van der Waals surface area contributed by atoms with E-state index in [2.05, 4.69) is 0 Å². The van der Waals surface area contributed by atoms with Crippen LogP contribution in [0.1, 0.15) is 60.5 Å². The van der Waals surface area contributed by atoms with E-state index in [4.69, 9.17) is 0 Å². The lowest BCUT2D eigenvalue weighted by atomic mass is 9.76. The van der Waals surface area contributed by atoms with E-state index in [9.17, 15) is 36.2 Å². The Balaban J connectivity index is 1.77. The molecule has 0 bridgehead atoms. The Morgan fingerprint density at radius 2 is 1.28 bits per heavy atom. The monoisotopic (exact) mass is 458 g/mol. The van der Waals surface area contributed by atoms with E-state index in [1.165, 1.54) is 24.3 Å². The molecule has 1 aliphatic carbocycles. The van der Waals surface area contributed by atoms with Crippen LogP contribution in [-0.4, -0.2) is 10.9 Å². The topological polar surface area (TPSA) is 37.3 Å². The average Bonchev–Trinajstić information content (AvgIpc) is 2.72. The number of carbonyl (C=O) groups excluding carboxylic acids is 1. The fourth-order valence-electron chi connectivity index (χ4n) is 4.25. The lowest BCUT2D eigenvalue weighted by Gasteiger charge is -2.29. The third-order valence-corrected chi connectivity index (χ3v) is 6.06. The Morgan fingerprint density at radius 1 is 0.781 bits per heavy atom. The second-order valence-electron chi connectivity index (χ2n) is 8.31. The lowest BCUT2D eigenvalue weighted by molar-refractivity contribution is -0.138. The van der Waals surface area contributed by atoms with Crippen LogP contribution < -0.4 is 0 Å². The van der Waals surface area contributed by atoms with Crippen LogP contribution in [0.4, 0.5) is 26.3 Å². The van der Waals surface area contributed by atoms with Crippen LogP contribution in [0, 0.1) is 11.8 Å². The van der Waals surface area contributed by atoms with Gasteiger partial charge in [0.2, 0.25) is 0 Å². The summed E-state index contributed by atoms with van der Waals surface area (Å²) >= 11 is 0. The van der Waals surface area contributed by atoms with Gasteiger partial charge in [-0.05, 0) is 54.7 Å². The van der Waals surface area contributed by atoms with Crippen molar-refractivity contribution in [1.29, 1.82) is 0 Å². The zero-order chi connectivity index (χ0) is 23.5. The molecule has 1 N–H and O–H groups in total. The fraction of sp³-hybridized carbons (Fsp3) is 0.458. The summed E-state index contributed by atoms with van der Waals surface area (Å²) in [5, 5.41) is 10.8. The number of rotatable bonds is 4. The third kappa shape index (κ3) is 5.91. The number of halogens is 6. The van der Waals surface area contributed by atoms with Crippen molar-refractivity contribution in [1.82, 2.24) is 0 Å². The highest BCUT2D eigenvalue weighted by atomic mass is 19.4. The Kier molecular flexibility index (Phi) is 7.32. The summed E-state index contributed by atoms with van der Waals surface area (Å²) < 4.78 is 76.8. The molecule has 1 fully saturated rings. The molecule has 0 aliphatic heterocycles. The summed E-state index contributed by atoms with van der Waals surface area (Å²) in [7, 11) is 0. The Bertz CT molecular complexity index is 900. The van der Waals surface area contributed by atoms with E-state index in [0.29, 0.717) is 24.8 Å². The molecule has 0 heterocycles. The second kappa shape index (κ2) is 9.65. The van der Waals surface area contributed by atoms with Gasteiger partial charge in [-0.3, -0.25) is 4.79 Å². The van der Waals surface area contributed by atoms with Crippen molar-refractivity contribution in [3.63, 3.8) is 0 Å². The van der Waals surface area contributed by atoms with E-state index < -0.39 is 41.4 Å². The van der Waals surface area contributed by atoms with E-state index in [1.54, 1.807) is 0 Å². The lowest BCUT2D eigenvalue weighted by Crippen LogP contribution is -2.31. The molecule has 2 nitrogen and oxygen atoms in total. The number of aliphatic hydroxyl groups is 1. The van der Waals surface area contributed by atoms with Crippen LogP contribution in [0.5, 0.6) is 0 Å². The van der Waals surface area contributed by atoms with Crippen LogP contribution in [0.3, 0.4) is 0 Å². The quantitative estimate of drug-likeness (QED) is 0.514. The SMILES string of the molecule is O=C1C(Cc2ccc(C(F)(F)F)cc2)CCCCCC1C(O)c1ccc(C(F)(F)F)cc1. The van der Waals surface area contributed by atoms with E-state index in [0.717, 1.165) is 37.1 Å². The Morgan fingerprint density at radius 3 is 1.81 bits per heavy atom. The molecule has 2 aromatic rings. The molecule has 174 valence electrons. The molecule has 8 heteroatoms. The van der Waals surface area contributed by atoms with Gasteiger partial charge in [-0.2, -0.15) is 26.3 Å². The molecule has 32 heavy (non-hydrogen) atoms. The maximum atomic E-state index is 13.2. The first-order chi connectivity index (χ1) is 15.0. The van der Waals surface area contributed by atoms with Gasteiger partial charge in [-0.1, -0.05) is 43.5 Å². The highest BCUT2D eigenvalue weighted by molar-refractivity contribution is 5.84. The summed E-state index contributed by atoms with van der Waals surface area (Å²) in [5.41, 5.74) is -0.761. The average molecular weight is 458 g/mol. The molecule has 3 unspecified atom stereocenters. The first-order valence-corrected chi connectivity index (χ1v) is 10.5. The number of hydrogen-bond acceptors (Lipinski definition) is 2. The molecule has 0 aromatic heterocycles. The molecular weight excluding hydrogens is 434 g/mol. The van der Waals surface area contributed by atoms with Gasteiger partial charge >= 0.3 is 12.4 Å². The highest BCUT2D eigenvalue weighted by Gasteiger charge is 2.35. The molecule has 1 saturated carbocycles. The van der Waals surface area contributed by atoms with Crippen LogP contribution in [0.25, 0.3) is 0 Å². The first-order valence-electron chi connectivity index (χ1n) is 10.5. The number of benzene rings is 2. The number of carbonyl (C=O) groups is 1. The molecule has 3 atom stereocenters. The van der Waals surface area contributed by atoms with Crippen molar-refractivity contribution in [2.75, 3.05) is 0 Å². The van der Waals surface area contributed by atoms with Gasteiger partial charge in [-0.15, -0.1) is 0 Å². The number of ketones is 1. The molecule has 0 amide bonds. The van der Waals surface area contributed by atoms with Gasteiger partial charge < -0.3 is 5.11 Å². The summed E-state index contributed by atoms with van der Waals surface area (Å²) in [6.45, 7) is 0. The van der Waals surface area contributed by atoms with Gasteiger partial charge in [0.1, 0.15) is 5.78 Å². The Labute approximate surface area is 182 Å². The van der Waals surface area contributed by atoms with E-state index in [-0.39, 0.29) is 17.8 Å². The summed E-state index contributed by atoms with van der Waals surface area (Å²) in [4.78, 5) is 13.2. The van der Waals surface area contributed by atoms with Gasteiger partial charge in [0.05, 0.1) is 17.2 Å². The number of Topliss-reactive ketones (excluding diaryl/α,β-unsaturated/α-hetero) is 1. The van der Waals surface area contributed by atoms with E-state index in [1.807, 2.05) is 0 Å². The molecular formula is C24H24F6O2. The predicted molar refractivity (Wildman–Crippen MR) is 107 cm³/mol. The van der Waals surface area contributed by atoms with Crippen molar-refractivity contribution in [2.45, 2.75) is 57.0 Å². The molecule has 2 aromatic carbocycles. The van der Waals surface area contributed by atoms with Crippen LogP contribution >= 0.6 is 0 Å². The largest absolute Gasteiger partial charge is 0.416 e. The van der Waals surface area contributed by atoms with E-state index >= 15 is 0 Å². The summed E-state index contributed by atoms with van der Waals surface area (Å²) in [5.74, 6) is -1.44. The summed E-state index contributed by atoms with van der Waals surface area (Å²) in [6.07, 6.45) is -6.61. The maximum absolute atomic E-state index is 13.2. The standard InChI is InChI=1S/C24H24F6O2/c25-23(26,27)18-10-6-15(7-11-18)14-17-4-2-1-3-5-20(22(17)32)21(31)16-8-12-19(13-9-16)24(28,29)30/h6-13,17,20-21,31H,1-5,14H2. The molecule has 0 saturated heterocycles. The fourth-order valence-corrected chi connectivity index (χ4v) is 4.25. The molecule has 3 rings (SSSR count). The third-order valence-electron chi connectivity index (χ3n) is 6.06. The van der Waals surface area contributed by atoms with Gasteiger partial charge in [0.25, 0.3) is 0 Å². The zero-order valence-corrected chi connectivity index (χ0v) is 17.2. The number of hydrogen-bond donors (Lipinski definition) is 1. The van der Waals surface area contributed by atoms with Crippen molar-refractivity contribution >= 4 is 5.78 Å². The van der Waals surface area contributed by atoms with Crippen LogP contribution in [0.2, 0.25) is 0 Å². The van der Waals surface area contributed by atoms with Crippen LogP contribution in [-0.2, 0) is 23.6 Å². The van der Waals surface area contributed by atoms with Crippen LogP contribution in [0.15, 0.2) is 48.5 Å². The minimum Gasteiger partial charge on any atom is -0.388 e. The van der Waals surface area contributed by atoms with Crippen molar-refractivity contribution in [2.24, 2.45) is 11.8 Å². The molecule has 1 aliphatic rings. The number of alkyl halides is 6. The maximum Gasteiger partial charge on any atom is 0.416 e. The van der Waals surface area contributed by atoms with Crippen molar-refractivity contribution in [3.05, 3.63) is 70.8 Å².